The first-order valence-corrected chi connectivity index (χ1v) is 5.69. The molecule has 1 aromatic carbocycles. The lowest BCUT2D eigenvalue weighted by Crippen LogP contribution is -2.25. The maximum atomic E-state index is 12.9. The van der Waals surface area contributed by atoms with Crippen LogP contribution in [0.5, 0.6) is 0 Å². The third kappa shape index (κ3) is 5.03. The van der Waals surface area contributed by atoms with Crippen LogP contribution in [0.15, 0.2) is 18.2 Å². The molecule has 1 rings (SSSR count). The van der Waals surface area contributed by atoms with Gasteiger partial charge in [0.15, 0.2) is 11.6 Å². The molecule has 1 aromatic rings. The second kappa shape index (κ2) is 6.83. The van der Waals surface area contributed by atoms with Crippen LogP contribution in [0.2, 0.25) is 0 Å². The number of hydrogen-bond donors (Lipinski definition) is 1. The van der Waals surface area contributed by atoms with Crippen LogP contribution in [0.3, 0.4) is 0 Å². The third-order valence-corrected chi connectivity index (χ3v) is 2.42. The van der Waals surface area contributed by atoms with Gasteiger partial charge < -0.3 is 10.1 Å². The van der Waals surface area contributed by atoms with Crippen molar-refractivity contribution in [2.24, 2.45) is 0 Å². The van der Waals surface area contributed by atoms with Crippen LogP contribution in [-0.2, 0) is 16.0 Å². The predicted octanol–water partition coefficient (Wildman–Crippen LogP) is 1.99. The average Bonchev–Trinajstić information content (AvgIpc) is 2.31. The van der Waals surface area contributed by atoms with Crippen molar-refractivity contribution in [2.45, 2.75) is 26.2 Å². The van der Waals surface area contributed by atoms with Crippen LogP contribution in [0.1, 0.15) is 25.3 Å². The summed E-state index contributed by atoms with van der Waals surface area (Å²) in [6.45, 7) is 1.76. The van der Waals surface area contributed by atoms with Crippen LogP contribution in [0, 0.1) is 11.6 Å². The van der Waals surface area contributed by atoms with Gasteiger partial charge in [0.05, 0.1) is 0 Å². The zero-order valence-electron chi connectivity index (χ0n) is 10.1. The molecule has 3 nitrogen and oxygen atoms in total. The van der Waals surface area contributed by atoms with Crippen molar-refractivity contribution in [3.63, 3.8) is 0 Å². The lowest BCUT2D eigenvalue weighted by atomic mass is 10.1. The van der Waals surface area contributed by atoms with Gasteiger partial charge >= 0.3 is 0 Å². The number of carbonyl (C=O) groups is 2. The zero-order chi connectivity index (χ0) is 13.5. The van der Waals surface area contributed by atoms with Gasteiger partial charge in [0.1, 0.15) is 5.78 Å². The number of rotatable bonds is 6. The minimum Gasteiger partial charge on any atom is -0.356 e. The summed E-state index contributed by atoms with van der Waals surface area (Å²) >= 11 is 0. The number of amides is 1. The highest BCUT2D eigenvalue weighted by atomic mass is 19.2. The van der Waals surface area contributed by atoms with Gasteiger partial charge in [0, 0.05) is 19.4 Å². The van der Waals surface area contributed by atoms with Crippen LogP contribution in [0.25, 0.3) is 0 Å². The normalized spacial score (nSPS) is 10.2. The molecular weight excluding hydrogens is 240 g/mol. The van der Waals surface area contributed by atoms with Crippen LogP contribution >= 0.6 is 0 Å². The SMILES string of the molecule is CC(=O)CCC(=O)NCCc1ccc(F)c(F)c1. The van der Waals surface area contributed by atoms with Gasteiger partial charge in [-0.1, -0.05) is 6.07 Å². The average molecular weight is 255 g/mol. The lowest BCUT2D eigenvalue weighted by Gasteiger charge is -2.05. The molecule has 0 aromatic heterocycles. The van der Waals surface area contributed by atoms with E-state index in [-0.39, 0.29) is 24.5 Å². The Morgan fingerprint density at radius 3 is 2.50 bits per heavy atom. The first kappa shape index (κ1) is 14.3. The van der Waals surface area contributed by atoms with Gasteiger partial charge in [-0.25, -0.2) is 8.78 Å². The first-order chi connectivity index (χ1) is 8.49. The molecule has 1 amide bonds. The minimum absolute atomic E-state index is 0.0363. The minimum atomic E-state index is -0.893. The fourth-order valence-corrected chi connectivity index (χ4v) is 1.42. The van der Waals surface area contributed by atoms with Crippen molar-refractivity contribution in [3.05, 3.63) is 35.4 Å². The topological polar surface area (TPSA) is 46.2 Å². The van der Waals surface area contributed by atoms with E-state index in [2.05, 4.69) is 5.32 Å². The maximum Gasteiger partial charge on any atom is 0.220 e. The zero-order valence-corrected chi connectivity index (χ0v) is 10.1. The highest BCUT2D eigenvalue weighted by Crippen LogP contribution is 2.08. The fourth-order valence-electron chi connectivity index (χ4n) is 1.42. The summed E-state index contributed by atoms with van der Waals surface area (Å²) in [5.41, 5.74) is 0.612. The first-order valence-electron chi connectivity index (χ1n) is 5.69. The smallest absolute Gasteiger partial charge is 0.220 e. The van der Waals surface area contributed by atoms with Crippen LogP contribution in [0.4, 0.5) is 8.78 Å². The van der Waals surface area contributed by atoms with E-state index < -0.39 is 11.6 Å². The monoisotopic (exact) mass is 255 g/mol. The van der Waals surface area contributed by atoms with Gasteiger partial charge in [-0.3, -0.25) is 4.79 Å². The van der Waals surface area contributed by atoms with Gasteiger partial charge in [-0.15, -0.1) is 0 Å². The number of hydrogen-bond acceptors (Lipinski definition) is 2. The molecule has 0 fully saturated rings. The van der Waals surface area contributed by atoms with Crippen LogP contribution < -0.4 is 5.32 Å². The Morgan fingerprint density at radius 1 is 1.17 bits per heavy atom. The van der Waals surface area contributed by atoms with E-state index in [1.807, 2.05) is 0 Å². The molecule has 0 aliphatic carbocycles. The Bertz CT molecular complexity index is 447. The van der Waals surface area contributed by atoms with Gasteiger partial charge in [-0.2, -0.15) is 0 Å². The van der Waals surface area contributed by atoms with E-state index in [0.717, 1.165) is 12.1 Å². The molecule has 0 bridgehead atoms. The molecule has 0 unspecified atom stereocenters. The highest BCUT2D eigenvalue weighted by Gasteiger charge is 2.05. The summed E-state index contributed by atoms with van der Waals surface area (Å²) in [6, 6.07) is 3.64. The van der Waals surface area contributed by atoms with E-state index in [9.17, 15) is 18.4 Å². The largest absolute Gasteiger partial charge is 0.356 e. The summed E-state index contributed by atoms with van der Waals surface area (Å²) in [6.07, 6.45) is 0.799. The van der Waals surface area contributed by atoms with Crippen molar-refractivity contribution in [2.75, 3.05) is 6.54 Å². The highest BCUT2D eigenvalue weighted by molar-refractivity contribution is 5.83. The summed E-state index contributed by atoms with van der Waals surface area (Å²) in [5, 5.41) is 2.61. The van der Waals surface area contributed by atoms with Crippen molar-refractivity contribution in [1.29, 1.82) is 0 Å². The molecule has 0 radical (unpaired) electrons. The number of carbonyl (C=O) groups excluding carboxylic acids is 2. The summed E-state index contributed by atoms with van der Waals surface area (Å²) in [7, 11) is 0. The Morgan fingerprint density at radius 2 is 1.89 bits per heavy atom. The van der Waals surface area contributed by atoms with Gasteiger partial charge in [0.2, 0.25) is 5.91 Å². The Labute approximate surface area is 104 Å². The molecule has 0 saturated carbocycles. The standard InChI is InChI=1S/C13H15F2NO2/c1-9(17)2-5-13(18)16-7-6-10-3-4-11(14)12(15)8-10/h3-4,8H,2,5-7H2,1H3,(H,16,18). The number of halogens is 2. The Balaban J connectivity index is 2.30. The number of benzene rings is 1. The van der Waals surface area contributed by atoms with E-state index in [0.29, 0.717) is 18.5 Å². The fraction of sp³-hybridized carbons (Fsp3) is 0.385. The summed E-state index contributed by atoms with van der Waals surface area (Å²) < 4.78 is 25.5. The molecular formula is C13H15F2NO2. The molecule has 0 aliphatic heterocycles. The molecule has 0 spiro atoms. The summed E-state index contributed by atoms with van der Waals surface area (Å²) in [4.78, 5) is 21.9. The number of Topliss-reactive ketones (excluding diaryl/α,β-unsaturated/α-hetero) is 1. The molecule has 5 heteroatoms. The molecule has 1 N–H and O–H groups in total. The number of ketones is 1. The molecule has 0 saturated heterocycles. The molecule has 98 valence electrons. The lowest BCUT2D eigenvalue weighted by molar-refractivity contribution is -0.124. The van der Waals surface area contributed by atoms with E-state index in [1.54, 1.807) is 0 Å². The third-order valence-electron chi connectivity index (χ3n) is 2.42. The van der Waals surface area contributed by atoms with E-state index >= 15 is 0 Å². The van der Waals surface area contributed by atoms with Gasteiger partial charge in [0.25, 0.3) is 0 Å². The van der Waals surface area contributed by atoms with Crippen molar-refractivity contribution in [3.8, 4) is 0 Å². The quantitative estimate of drug-likeness (QED) is 0.845. The molecule has 18 heavy (non-hydrogen) atoms. The number of nitrogens with one attached hydrogen (secondary N) is 1. The van der Waals surface area contributed by atoms with E-state index in [4.69, 9.17) is 0 Å². The molecule has 0 heterocycles. The second-order valence-electron chi connectivity index (χ2n) is 4.05. The molecule has 0 atom stereocenters. The van der Waals surface area contributed by atoms with Crippen molar-refractivity contribution >= 4 is 11.7 Å². The maximum absolute atomic E-state index is 12.9. The van der Waals surface area contributed by atoms with Gasteiger partial charge in [-0.05, 0) is 31.0 Å². The van der Waals surface area contributed by atoms with E-state index in [1.165, 1.54) is 13.0 Å². The predicted molar refractivity (Wildman–Crippen MR) is 63.0 cm³/mol. The summed E-state index contributed by atoms with van der Waals surface area (Å²) in [5.74, 6) is -2.03. The van der Waals surface area contributed by atoms with Crippen molar-refractivity contribution in [1.82, 2.24) is 5.32 Å². The Hall–Kier alpha value is -1.78. The second-order valence-corrected chi connectivity index (χ2v) is 4.05. The van der Waals surface area contributed by atoms with Crippen molar-refractivity contribution < 1.29 is 18.4 Å². The van der Waals surface area contributed by atoms with Crippen LogP contribution in [-0.4, -0.2) is 18.2 Å². The Kier molecular flexibility index (Phi) is 5.42. The molecule has 0 aliphatic rings.